The summed E-state index contributed by atoms with van der Waals surface area (Å²) in [6.07, 6.45) is 1.48. The predicted octanol–water partition coefficient (Wildman–Crippen LogP) is 3.89. The molecule has 0 aromatic heterocycles. The van der Waals surface area contributed by atoms with E-state index in [2.05, 4.69) is 4.90 Å². The molecule has 1 fully saturated rings. The van der Waals surface area contributed by atoms with Crippen molar-refractivity contribution in [3.63, 3.8) is 0 Å². The summed E-state index contributed by atoms with van der Waals surface area (Å²) in [6, 6.07) is 13.3. The van der Waals surface area contributed by atoms with Gasteiger partial charge in [-0.25, -0.2) is 8.42 Å². The Morgan fingerprint density at radius 3 is 2.20 bits per heavy atom. The molecule has 0 radical (unpaired) electrons. The summed E-state index contributed by atoms with van der Waals surface area (Å²) in [7, 11) is -3.67. The van der Waals surface area contributed by atoms with Crippen LogP contribution in [0, 0.1) is 0 Å². The minimum Gasteiger partial charge on any atom is -0.368 e. The third-order valence-electron chi connectivity index (χ3n) is 5.16. The van der Waals surface area contributed by atoms with Crippen molar-refractivity contribution in [2.75, 3.05) is 41.6 Å². The smallest absolute Gasteiger partial charge is 0.246 e. The molecule has 162 valence electrons. The van der Waals surface area contributed by atoms with Gasteiger partial charge in [0.1, 0.15) is 6.04 Å². The van der Waals surface area contributed by atoms with E-state index >= 15 is 0 Å². The maximum atomic E-state index is 13.3. The average molecular weight is 470 g/mol. The zero-order valence-corrected chi connectivity index (χ0v) is 19.3. The molecular formula is C21H25Cl2N3O3S. The lowest BCUT2D eigenvalue weighted by molar-refractivity contribution is -0.132. The maximum absolute atomic E-state index is 13.3. The van der Waals surface area contributed by atoms with Gasteiger partial charge in [0.15, 0.2) is 0 Å². The van der Waals surface area contributed by atoms with Gasteiger partial charge in [0.2, 0.25) is 15.9 Å². The van der Waals surface area contributed by atoms with Gasteiger partial charge in [0.05, 0.1) is 11.9 Å². The van der Waals surface area contributed by atoms with Crippen LogP contribution >= 0.6 is 23.2 Å². The van der Waals surface area contributed by atoms with Gasteiger partial charge in [0.25, 0.3) is 0 Å². The second kappa shape index (κ2) is 9.45. The molecule has 0 spiro atoms. The maximum Gasteiger partial charge on any atom is 0.246 e. The van der Waals surface area contributed by atoms with Gasteiger partial charge < -0.3 is 9.80 Å². The first kappa shape index (κ1) is 22.7. The Kier molecular flexibility index (Phi) is 7.16. The zero-order chi connectivity index (χ0) is 21.9. The van der Waals surface area contributed by atoms with E-state index < -0.39 is 16.1 Å². The first-order valence-corrected chi connectivity index (χ1v) is 12.4. The lowest BCUT2D eigenvalue weighted by Crippen LogP contribution is -2.56. The molecule has 0 bridgehead atoms. The lowest BCUT2D eigenvalue weighted by atomic mass is 10.1. The number of sulfonamides is 1. The second-order valence-corrected chi connectivity index (χ2v) is 9.98. The van der Waals surface area contributed by atoms with Crippen LogP contribution in [0.1, 0.15) is 13.3 Å². The predicted molar refractivity (Wildman–Crippen MR) is 123 cm³/mol. The van der Waals surface area contributed by atoms with Gasteiger partial charge in [-0.3, -0.25) is 9.10 Å². The normalized spacial score (nSPS) is 15.7. The molecule has 9 heteroatoms. The Hall–Kier alpha value is -1.96. The van der Waals surface area contributed by atoms with Crippen LogP contribution < -0.4 is 9.21 Å². The molecule has 1 aliphatic heterocycles. The molecule has 0 saturated carbocycles. The van der Waals surface area contributed by atoms with Crippen LogP contribution in [0.25, 0.3) is 0 Å². The average Bonchev–Trinajstić information content (AvgIpc) is 2.71. The monoisotopic (exact) mass is 469 g/mol. The van der Waals surface area contributed by atoms with E-state index in [1.54, 1.807) is 29.2 Å². The van der Waals surface area contributed by atoms with Crippen LogP contribution in [0.5, 0.6) is 0 Å². The third-order valence-corrected chi connectivity index (χ3v) is 6.82. The van der Waals surface area contributed by atoms with E-state index in [4.69, 9.17) is 23.2 Å². The van der Waals surface area contributed by atoms with E-state index in [9.17, 15) is 13.2 Å². The molecule has 1 heterocycles. The number of hydrogen-bond acceptors (Lipinski definition) is 4. The zero-order valence-electron chi connectivity index (χ0n) is 17.0. The molecule has 2 aromatic carbocycles. The quantitative estimate of drug-likeness (QED) is 0.643. The highest BCUT2D eigenvalue weighted by Gasteiger charge is 2.35. The van der Waals surface area contributed by atoms with E-state index in [-0.39, 0.29) is 5.91 Å². The summed E-state index contributed by atoms with van der Waals surface area (Å²) < 4.78 is 26.4. The van der Waals surface area contributed by atoms with Crippen LogP contribution in [0.4, 0.5) is 11.4 Å². The van der Waals surface area contributed by atoms with E-state index in [0.717, 1.165) is 11.9 Å². The van der Waals surface area contributed by atoms with Gasteiger partial charge in [-0.1, -0.05) is 36.2 Å². The van der Waals surface area contributed by atoms with Crippen LogP contribution in [-0.4, -0.2) is 57.7 Å². The number of benzene rings is 2. The van der Waals surface area contributed by atoms with Gasteiger partial charge in [0, 0.05) is 41.9 Å². The number of halogens is 2. The molecule has 3 rings (SSSR count). The lowest BCUT2D eigenvalue weighted by Gasteiger charge is -2.39. The van der Waals surface area contributed by atoms with Crippen molar-refractivity contribution < 1.29 is 13.2 Å². The van der Waals surface area contributed by atoms with Crippen molar-refractivity contribution in [3.8, 4) is 0 Å². The minimum atomic E-state index is -3.67. The van der Waals surface area contributed by atoms with Crippen molar-refractivity contribution >= 4 is 50.5 Å². The fourth-order valence-electron chi connectivity index (χ4n) is 3.70. The Balaban J connectivity index is 1.77. The number of carbonyl (C=O) groups excluding carboxylic acids is 1. The van der Waals surface area contributed by atoms with Crippen molar-refractivity contribution in [2.24, 2.45) is 0 Å². The number of anilines is 2. The standard InChI is InChI=1S/C21H25Cl2N3O3S/c1-3-20(26(30(2,28)29)18-9-7-16(22)8-10-18)21(27)25-13-11-24(12-14-25)19-6-4-5-17(23)15-19/h4-10,15,20H,3,11-14H2,1-2H3/t20-/m0/s1. The summed E-state index contributed by atoms with van der Waals surface area (Å²) in [6.45, 7) is 4.16. The molecule has 0 aliphatic carbocycles. The van der Waals surface area contributed by atoms with E-state index in [1.807, 2.05) is 31.2 Å². The SMILES string of the molecule is CC[C@@H](C(=O)N1CCN(c2cccc(Cl)c2)CC1)N(c1ccc(Cl)cc1)S(C)(=O)=O. The molecule has 1 amide bonds. The van der Waals surface area contributed by atoms with Crippen LogP contribution in [-0.2, 0) is 14.8 Å². The summed E-state index contributed by atoms with van der Waals surface area (Å²) in [5.41, 5.74) is 1.44. The highest BCUT2D eigenvalue weighted by Crippen LogP contribution is 2.26. The molecular weight excluding hydrogens is 445 g/mol. The van der Waals surface area contributed by atoms with Crippen molar-refractivity contribution in [2.45, 2.75) is 19.4 Å². The number of hydrogen-bond donors (Lipinski definition) is 0. The Bertz CT molecular complexity index is 991. The molecule has 1 aliphatic rings. The summed E-state index contributed by atoms with van der Waals surface area (Å²) in [5.74, 6) is -0.191. The van der Waals surface area contributed by atoms with Gasteiger partial charge in [-0.2, -0.15) is 0 Å². The number of carbonyl (C=O) groups is 1. The van der Waals surface area contributed by atoms with Crippen LogP contribution in [0.3, 0.4) is 0 Å². The van der Waals surface area contributed by atoms with Gasteiger partial charge >= 0.3 is 0 Å². The number of piperazine rings is 1. The van der Waals surface area contributed by atoms with Gasteiger partial charge in [-0.15, -0.1) is 0 Å². The van der Waals surface area contributed by atoms with Crippen molar-refractivity contribution in [1.82, 2.24) is 4.90 Å². The third kappa shape index (κ3) is 5.20. The Labute approximate surface area is 188 Å². The van der Waals surface area contributed by atoms with Crippen molar-refractivity contribution in [1.29, 1.82) is 0 Å². The Morgan fingerprint density at radius 1 is 1.03 bits per heavy atom. The highest BCUT2D eigenvalue weighted by atomic mass is 35.5. The van der Waals surface area contributed by atoms with Crippen LogP contribution in [0.15, 0.2) is 48.5 Å². The van der Waals surface area contributed by atoms with E-state index in [0.29, 0.717) is 48.3 Å². The van der Waals surface area contributed by atoms with Crippen molar-refractivity contribution in [3.05, 3.63) is 58.6 Å². The Morgan fingerprint density at radius 2 is 1.67 bits per heavy atom. The molecule has 6 nitrogen and oxygen atoms in total. The fourth-order valence-corrected chi connectivity index (χ4v) is 5.22. The molecule has 0 N–H and O–H groups in total. The topological polar surface area (TPSA) is 60.9 Å². The molecule has 1 saturated heterocycles. The van der Waals surface area contributed by atoms with Crippen LogP contribution in [0.2, 0.25) is 10.0 Å². The first-order chi connectivity index (χ1) is 14.2. The molecule has 30 heavy (non-hydrogen) atoms. The minimum absolute atomic E-state index is 0.191. The highest BCUT2D eigenvalue weighted by molar-refractivity contribution is 7.92. The number of rotatable bonds is 6. The molecule has 1 atom stereocenters. The number of amides is 1. The largest absolute Gasteiger partial charge is 0.368 e. The summed E-state index contributed by atoms with van der Waals surface area (Å²) in [4.78, 5) is 17.2. The fraction of sp³-hybridized carbons (Fsp3) is 0.381. The number of nitrogens with zero attached hydrogens (tertiary/aromatic N) is 3. The second-order valence-electron chi connectivity index (χ2n) is 7.25. The molecule has 2 aromatic rings. The molecule has 0 unspecified atom stereocenters. The first-order valence-electron chi connectivity index (χ1n) is 9.75. The summed E-state index contributed by atoms with van der Waals surface area (Å²) >= 11 is 12.0. The van der Waals surface area contributed by atoms with Gasteiger partial charge in [-0.05, 0) is 48.9 Å². The van der Waals surface area contributed by atoms with E-state index in [1.165, 1.54) is 4.31 Å². The summed E-state index contributed by atoms with van der Waals surface area (Å²) in [5, 5.41) is 1.17.